The molecular weight excluding hydrogens is 284 g/mol. The summed E-state index contributed by atoms with van der Waals surface area (Å²) in [6.07, 6.45) is 2.24. The highest BCUT2D eigenvalue weighted by Gasteiger charge is 2.37. The quantitative estimate of drug-likeness (QED) is 0.712. The zero-order chi connectivity index (χ0) is 15.0. The van der Waals surface area contributed by atoms with E-state index in [2.05, 4.69) is 28.3 Å². The molecule has 1 aliphatic carbocycles. The third kappa shape index (κ3) is 3.22. The van der Waals surface area contributed by atoms with Crippen molar-refractivity contribution in [3.63, 3.8) is 0 Å². The van der Waals surface area contributed by atoms with Crippen LogP contribution in [0.2, 0.25) is 0 Å². The number of nitrogens with one attached hydrogen (secondary N) is 2. The van der Waals surface area contributed by atoms with Crippen LogP contribution in [0, 0.1) is 6.92 Å². The van der Waals surface area contributed by atoms with Crippen molar-refractivity contribution in [3.8, 4) is 0 Å². The summed E-state index contributed by atoms with van der Waals surface area (Å²) < 4.78 is 0. The summed E-state index contributed by atoms with van der Waals surface area (Å²) in [7, 11) is 0. The maximum atomic E-state index is 11.7. The summed E-state index contributed by atoms with van der Waals surface area (Å²) in [4.78, 5) is 19.6. The van der Waals surface area contributed by atoms with Crippen LogP contribution >= 0.6 is 11.8 Å². The first kappa shape index (κ1) is 14.4. The number of aryl methyl sites for hydroxylation is 1. The summed E-state index contributed by atoms with van der Waals surface area (Å²) in [5.41, 5.74) is 8.03. The molecule has 3 rings (SSSR count). The van der Waals surface area contributed by atoms with E-state index < -0.39 is 5.54 Å². The number of thioether (sulfide) groups is 1. The molecule has 0 spiro atoms. The minimum Gasteiger partial charge on any atom is -0.368 e. The number of carbonyl (C=O) groups is 1. The molecule has 4 N–H and O–H groups in total. The van der Waals surface area contributed by atoms with E-state index in [1.807, 2.05) is 19.1 Å². The fraction of sp³-hybridized carbons (Fsp3) is 0.467. The van der Waals surface area contributed by atoms with Gasteiger partial charge in [0, 0.05) is 11.8 Å². The minimum absolute atomic E-state index is 0.311. The van der Waals surface area contributed by atoms with Crippen LogP contribution in [0.1, 0.15) is 25.3 Å². The summed E-state index contributed by atoms with van der Waals surface area (Å²) in [6, 6.07) is 6.55. The molecule has 6 heteroatoms. The van der Waals surface area contributed by atoms with E-state index in [-0.39, 0.29) is 5.91 Å². The predicted octanol–water partition coefficient (Wildman–Crippen LogP) is 1.96. The van der Waals surface area contributed by atoms with Crippen LogP contribution in [0.4, 0.5) is 0 Å². The number of imidazole rings is 1. The molecule has 0 saturated heterocycles. The second-order valence-corrected chi connectivity index (χ2v) is 6.93. The van der Waals surface area contributed by atoms with Gasteiger partial charge in [-0.2, -0.15) is 0 Å². The Balaban J connectivity index is 1.73. The SMILES string of the molecule is Cc1ccc2nc(SCC(C)(NC3CC3)C(N)=O)[nH]c2c1. The Labute approximate surface area is 128 Å². The van der Waals surface area contributed by atoms with Gasteiger partial charge in [0.1, 0.15) is 5.54 Å². The second kappa shape index (κ2) is 5.35. The highest BCUT2D eigenvalue weighted by Crippen LogP contribution is 2.27. The molecule has 0 bridgehead atoms. The summed E-state index contributed by atoms with van der Waals surface area (Å²) >= 11 is 1.53. The number of nitrogens with two attached hydrogens (primary N) is 1. The Bertz CT molecular complexity index is 679. The minimum atomic E-state index is -0.694. The van der Waals surface area contributed by atoms with E-state index in [0.29, 0.717) is 11.8 Å². The largest absolute Gasteiger partial charge is 0.368 e. The van der Waals surface area contributed by atoms with Crippen molar-refractivity contribution in [2.24, 2.45) is 5.73 Å². The summed E-state index contributed by atoms with van der Waals surface area (Å²) in [6.45, 7) is 3.92. The number of aromatic amines is 1. The van der Waals surface area contributed by atoms with Crippen LogP contribution in [0.15, 0.2) is 23.4 Å². The molecule has 2 aromatic rings. The second-order valence-electron chi connectivity index (χ2n) is 5.97. The molecule has 1 amide bonds. The molecule has 1 saturated carbocycles. The summed E-state index contributed by atoms with van der Waals surface area (Å²) in [5.74, 6) is 0.256. The molecule has 1 fully saturated rings. The number of H-pyrrole nitrogens is 1. The lowest BCUT2D eigenvalue weighted by atomic mass is 10.1. The van der Waals surface area contributed by atoms with E-state index in [9.17, 15) is 4.79 Å². The van der Waals surface area contributed by atoms with Crippen molar-refractivity contribution >= 4 is 28.7 Å². The van der Waals surface area contributed by atoms with Crippen molar-refractivity contribution in [1.29, 1.82) is 0 Å². The Morgan fingerprint density at radius 1 is 1.57 bits per heavy atom. The van der Waals surface area contributed by atoms with Crippen molar-refractivity contribution in [2.45, 2.75) is 43.4 Å². The van der Waals surface area contributed by atoms with Crippen LogP contribution in [0.5, 0.6) is 0 Å². The van der Waals surface area contributed by atoms with Gasteiger partial charge in [-0.15, -0.1) is 0 Å². The maximum absolute atomic E-state index is 11.7. The van der Waals surface area contributed by atoms with Gasteiger partial charge in [0.15, 0.2) is 5.16 Å². The zero-order valence-corrected chi connectivity index (χ0v) is 13.1. The van der Waals surface area contributed by atoms with Gasteiger partial charge in [0.2, 0.25) is 5.91 Å². The number of amides is 1. The molecule has 1 atom stereocenters. The Morgan fingerprint density at radius 3 is 3.00 bits per heavy atom. The zero-order valence-electron chi connectivity index (χ0n) is 12.3. The van der Waals surface area contributed by atoms with Gasteiger partial charge in [-0.1, -0.05) is 17.8 Å². The first-order valence-corrected chi connectivity index (χ1v) is 8.12. The van der Waals surface area contributed by atoms with Crippen molar-refractivity contribution < 1.29 is 4.79 Å². The lowest BCUT2D eigenvalue weighted by molar-refractivity contribution is -0.123. The van der Waals surface area contributed by atoms with Crippen LogP contribution in [-0.2, 0) is 4.79 Å². The topological polar surface area (TPSA) is 83.8 Å². The monoisotopic (exact) mass is 304 g/mol. The van der Waals surface area contributed by atoms with Crippen molar-refractivity contribution in [1.82, 2.24) is 15.3 Å². The number of hydrogen-bond donors (Lipinski definition) is 3. The van der Waals surface area contributed by atoms with Gasteiger partial charge in [-0.25, -0.2) is 4.98 Å². The number of rotatable bonds is 6. The lowest BCUT2D eigenvalue weighted by Gasteiger charge is -2.26. The number of carbonyl (C=O) groups excluding carboxylic acids is 1. The fourth-order valence-corrected chi connectivity index (χ4v) is 3.24. The Hall–Kier alpha value is -1.53. The standard InChI is InChI=1S/C15H20N4OS/c1-9-3-6-11-12(7-9)18-14(17-11)21-8-15(2,13(16)20)19-10-4-5-10/h3,6-7,10,19H,4-5,8H2,1-2H3,(H2,16,20)(H,17,18). The Morgan fingerprint density at radius 2 is 2.33 bits per heavy atom. The van der Waals surface area contributed by atoms with E-state index >= 15 is 0 Å². The van der Waals surface area contributed by atoms with Crippen molar-refractivity contribution in [3.05, 3.63) is 23.8 Å². The molecule has 0 aliphatic heterocycles. The molecule has 1 heterocycles. The average Bonchev–Trinajstić information content (AvgIpc) is 3.13. The smallest absolute Gasteiger partial charge is 0.238 e. The number of nitrogens with zero attached hydrogens (tertiary/aromatic N) is 1. The number of hydrogen-bond acceptors (Lipinski definition) is 4. The fourth-order valence-electron chi connectivity index (χ4n) is 2.24. The van der Waals surface area contributed by atoms with Gasteiger partial charge >= 0.3 is 0 Å². The van der Waals surface area contributed by atoms with Crippen LogP contribution in [-0.4, -0.2) is 33.2 Å². The number of fused-ring (bicyclic) bond motifs is 1. The molecule has 1 aromatic carbocycles. The molecular formula is C15H20N4OS. The first-order valence-electron chi connectivity index (χ1n) is 7.13. The van der Waals surface area contributed by atoms with Crippen LogP contribution in [0.3, 0.4) is 0 Å². The van der Waals surface area contributed by atoms with Gasteiger partial charge in [-0.05, 0) is 44.4 Å². The summed E-state index contributed by atoms with van der Waals surface area (Å²) in [5, 5.41) is 4.16. The third-order valence-corrected chi connectivity index (χ3v) is 4.95. The van der Waals surface area contributed by atoms with E-state index in [1.165, 1.54) is 17.3 Å². The maximum Gasteiger partial charge on any atom is 0.238 e. The molecule has 1 aromatic heterocycles. The van der Waals surface area contributed by atoms with Crippen molar-refractivity contribution in [2.75, 3.05) is 5.75 Å². The highest BCUT2D eigenvalue weighted by atomic mass is 32.2. The molecule has 1 unspecified atom stereocenters. The average molecular weight is 304 g/mol. The van der Waals surface area contributed by atoms with E-state index in [4.69, 9.17) is 5.73 Å². The Kier molecular flexibility index (Phi) is 3.67. The normalized spacial score (nSPS) is 17.8. The molecule has 112 valence electrons. The molecule has 0 radical (unpaired) electrons. The highest BCUT2D eigenvalue weighted by molar-refractivity contribution is 7.99. The van der Waals surface area contributed by atoms with Crippen LogP contribution in [0.25, 0.3) is 11.0 Å². The molecule has 5 nitrogen and oxygen atoms in total. The number of primary amides is 1. The lowest BCUT2D eigenvalue weighted by Crippen LogP contribution is -2.55. The third-order valence-electron chi connectivity index (χ3n) is 3.76. The number of aromatic nitrogens is 2. The molecule has 21 heavy (non-hydrogen) atoms. The first-order chi connectivity index (χ1) is 9.96. The van der Waals surface area contributed by atoms with Gasteiger partial charge in [-0.3, -0.25) is 4.79 Å². The predicted molar refractivity (Wildman–Crippen MR) is 85.3 cm³/mol. The van der Waals surface area contributed by atoms with E-state index in [0.717, 1.165) is 29.0 Å². The molecule has 1 aliphatic rings. The van der Waals surface area contributed by atoms with Crippen LogP contribution < -0.4 is 11.1 Å². The van der Waals surface area contributed by atoms with Gasteiger partial charge < -0.3 is 16.0 Å². The van der Waals surface area contributed by atoms with Gasteiger partial charge in [0.05, 0.1) is 11.0 Å². The van der Waals surface area contributed by atoms with Gasteiger partial charge in [0.25, 0.3) is 0 Å². The van der Waals surface area contributed by atoms with E-state index in [1.54, 1.807) is 0 Å². The number of benzene rings is 1.